The molecule has 86 valence electrons. The van der Waals surface area contributed by atoms with Gasteiger partial charge in [-0.3, -0.25) is 6.08 Å². The van der Waals surface area contributed by atoms with Gasteiger partial charge in [0.25, 0.3) is 0 Å². The summed E-state index contributed by atoms with van der Waals surface area (Å²) in [4.78, 5) is 18.1. The zero-order valence-corrected chi connectivity index (χ0v) is 12.1. The van der Waals surface area contributed by atoms with E-state index in [1.807, 2.05) is 12.2 Å². The van der Waals surface area contributed by atoms with E-state index in [1.54, 1.807) is 0 Å². The summed E-state index contributed by atoms with van der Waals surface area (Å²) in [7, 11) is -0.861. The van der Waals surface area contributed by atoms with E-state index < -0.39 is 24.3 Å². The Balaban J connectivity index is 0. The van der Waals surface area contributed by atoms with Gasteiger partial charge >= 0.3 is 34.8 Å². The maximum atomic E-state index is 9.06. The van der Waals surface area contributed by atoms with E-state index in [2.05, 4.69) is 38.3 Å². The quantitative estimate of drug-likeness (QED) is 0.508. The number of hydrogen-bond acceptors (Lipinski definition) is 2. The Morgan fingerprint density at radius 3 is 1.87 bits per heavy atom. The van der Waals surface area contributed by atoms with Crippen LogP contribution in [-0.4, -0.2) is 17.0 Å². The van der Waals surface area contributed by atoms with Crippen LogP contribution in [0, 0.1) is 12.6 Å². The van der Waals surface area contributed by atoms with Crippen LogP contribution in [0.25, 0.3) is 0 Å². The minimum absolute atomic E-state index is 0.842. The van der Waals surface area contributed by atoms with Crippen molar-refractivity contribution in [3.8, 4) is 0 Å². The van der Waals surface area contributed by atoms with Crippen LogP contribution in [0.1, 0.15) is 6.42 Å². The molecule has 0 amide bonds. The maximum absolute atomic E-state index is 9.06. The first-order chi connectivity index (χ1) is 6.91. The molecule has 0 saturated heterocycles. The monoisotopic (exact) mass is 310 g/mol. The average Bonchev–Trinajstić information content (AvgIpc) is 2.58. The first-order valence-electron chi connectivity index (χ1n) is 4.33. The van der Waals surface area contributed by atoms with Gasteiger partial charge in [-0.15, -0.1) is 14.5 Å². The SMILES string of the molecule is O=[C]=[Ru]=[C]=O.[C-]1=CC=CC1.[CH2-][Si](C)(C)C. The summed E-state index contributed by atoms with van der Waals surface area (Å²) in [5.74, 6) is 0. The van der Waals surface area contributed by atoms with E-state index in [-0.39, 0.29) is 0 Å². The summed E-state index contributed by atoms with van der Waals surface area (Å²) in [5.41, 5.74) is 0. The molecule has 0 spiro atoms. The van der Waals surface area contributed by atoms with Crippen molar-refractivity contribution in [1.82, 2.24) is 0 Å². The minimum Gasteiger partial charge on any atom is -0.342 e. The summed E-state index contributed by atoms with van der Waals surface area (Å²) in [6.45, 7) is 10.6. The van der Waals surface area contributed by atoms with Gasteiger partial charge in [-0.05, 0) is 0 Å². The first kappa shape index (κ1) is 16.9. The summed E-state index contributed by atoms with van der Waals surface area (Å²) in [6.07, 6.45) is 10.0. The Hall–Kier alpha value is -0.520. The second-order valence-corrected chi connectivity index (χ2v) is 10.1. The predicted octanol–water partition coefficient (Wildman–Crippen LogP) is 2.21. The van der Waals surface area contributed by atoms with Crippen molar-refractivity contribution in [1.29, 1.82) is 0 Å². The molecule has 1 rings (SSSR count). The van der Waals surface area contributed by atoms with Crippen LogP contribution >= 0.6 is 0 Å². The standard InChI is InChI=1S/C5H5.C4H11Si.2CO.Ru/c1-2-4-5-3-1;1-5(2,3)4;2*1-2;/h1-3H,4H2;1H2,2-4H3;;;/q2*-1;;;. The molecule has 15 heavy (non-hydrogen) atoms. The van der Waals surface area contributed by atoms with E-state index in [0.717, 1.165) is 6.42 Å². The molecule has 0 N–H and O–H groups in total. The van der Waals surface area contributed by atoms with Crippen molar-refractivity contribution in [2.75, 3.05) is 0 Å². The first-order valence-corrected chi connectivity index (χ1v) is 9.78. The van der Waals surface area contributed by atoms with E-state index in [1.165, 1.54) is 8.95 Å². The Morgan fingerprint density at radius 1 is 1.33 bits per heavy atom. The second-order valence-electron chi connectivity index (χ2n) is 3.80. The number of carbonyl (C=O) groups excluding carboxylic acids is 2. The van der Waals surface area contributed by atoms with Gasteiger partial charge in [0, 0.05) is 0 Å². The van der Waals surface area contributed by atoms with Crippen molar-refractivity contribution in [3.63, 3.8) is 0 Å². The molecule has 0 radical (unpaired) electrons. The number of rotatable bonds is 0. The molecule has 0 aromatic heterocycles. The molecule has 0 bridgehead atoms. The van der Waals surface area contributed by atoms with Crippen molar-refractivity contribution >= 4 is 17.0 Å². The predicted molar refractivity (Wildman–Crippen MR) is 61.7 cm³/mol. The molecule has 1 aliphatic carbocycles. The van der Waals surface area contributed by atoms with Crippen LogP contribution in [0.3, 0.4) is 0 Å². The second kappa shape index (κ2) is 11.6. The maximum Gasteiger partial charge on any atom is -0.0951 e. The molecule has 0 atom stereocenters. The molecular weight excluding hydrogens is 293 g/mol. The molecular formula is C11H16O2RuSi-2. The van der Waals surface area contributed by atoms with E-state index in [9.17, 15) is 0 Å². The largest absolute Gasteiger partial charge is 0.342 e. The number of hydrogen-bond donors (Lipinski definition) is 0. The van der Waals surface area contributed by atoms with Crippen molar-refractivity contribution < 1.29 is 25.8 Å². The van der Waals surface area contributed by atoms with Crippen LogP contribution in [-0.2, 0) is 25.8 Å². The smallest absolute Gasteiger partial charge is 0.0951 e. The summed E-state index contributed by atoms with van der Waals surface area (Å²) < 4.78 is 2.87. The molecule has 0 heterocycles. The molecule has 0 unspecified atom stereocenters. The fourth-order valence-electron chi connectivity index (χ4n) is 0.355. The molecule has 4 heteroatoms. The van der Waals surface area contributed by atoms with Crippen molar-refractivity contribution in [2.24, 2.45) is 0 Å². The zero-order valence-electron chi connectivity index (χ0n) is 9.32. The van der Waals surface area contributed by atoms with Gasteiger partial charge < -0.3 is 6.55 Å². The minimum atomic E-state index is -0.861. The fraction of sp³-hybridized carbons (Fsp3) is 0.364. The van der Waals surface area contributed by atoms with Crippen LogP contribution in [0.4, 0.5) is 0 Å². The van der Waals surface area contributed by atoms with E-state index in [0.29, 0.717) is 0 Å². The van der Waals surface area contributed by atoms with Gasteiger partial charge in [-0.1, -0.05) is 19.6 Å². The van der Waals surface area contributed by atoms with Crippen molar-refractivity contribution in [2.45, 2.75) is 26.1 Å². The normalized spacial score (nSPS) is 11.5. The molecule has 1 aliphatic rings. The molecule has 0 aliphatic heterocycles. The van der Waals surface area contributed by atoms with Crippen LogP contribution in [0.2, 0.25) is 19.6 Å². The van der Waals surface area contributed by atoms with E-state index >= 15 is 0 Å². The van der Waals surface area contributed by atoms with Gasteiger partial charge in [0.05, 0.1) is 0 Å². The third-order valence-corrected chi connectivity index (χ3v) is 1.01. The van der Waals surface area contributed by atoms with Gasteiger partial charge in [0.15, 0.2) is 0 Å². The molecule has 0 aromatic carbocycles. The zero-order chi connectivity index (χ0) is 12.2. The Labute approximate surface area is 99.7 Å². The Bertz CT molecular complexity index is 282. The molecule has 2 nitrogen and oxygen atoms in total. The topological polar surface area (TPSA) is 34.1 Å². The third kappa shape index (κ3) is 42.3. The molecule has 0 fully saturated rings. The fourth-order valence-corrected chi connectivity index (χ4v) is 0.427. The average molecular weight is 309 g/mol. The van der Waals surface area contributed by atoms with Crippen LogP contribution in [0.5, 0.6) is 0 Å². The Morgan fingerprint density at radius 2 is 1.80 bits per heavy atom. The molecule has 0 aromatic rings. The van der Waals surface area contributed by atoms with Gasteiger partial charge in [-0.25, -0.2) is 12.2 Å². The van der Waals surface area contributed by atoms with E-state index in [4.69, 9.17) is 9.59 Å². The molecule has 0 saturated carbocycles. The third-order valence-electron chi connectivity index (χ3n) is 0.658. The van der Waals surface area contributed by atoms with Gasteiger partial charge in [0.1, 0.15) is 0 Å². The summed E-state index contributed by atoms with van der Waals surface area (Å²) >= 11 is -0.842. The van der Waals surface area contributed by atoms with Gasteiger partial charge in [0.2, 0.25) is 0 Å². The van der Waals surface area contributed by atoms with Gasteiger partial charge in [-0.2, -0.15) is 6.08 Å². The summed E-state index contributed by atoms with van der Waals surface area (Å²) in [5, 5.41) is 0. The Kier molecular flexibility index (Phi) is 13.0. The number of allylic oxidation sites excluding steroid dienone is 4. The van der Waals surface area contributed by atoms with Crippen LogP contribution in [0.15, 0.2) is 18.2 Å². The van der Waals surface area contributed by atoms with Crippen molar-refractivity contribution in [3.05, 3.63) is 30.9 Å². The summed E-state index contributed by atoms with van der Waals surface area (Å²) in [6, 6.07) is 0. The van der Waals surface area contributed by atoms with Crippen LogP contribution < -0.4 is 0 Å².